The van der Waals surface area contributed by atoms with Crippen molar-refractivity contribution in [3.8, 4) is 0 Å². The third kappa shape index (κ3) is 4.95. The monoisotopic (exact) mass is 307 g/mol. The van der Waals surface area contributed by atoms with E-state index in [4.69, 9.17) is 0 Å². The lowest BCUT2D eigenvalue weighted by Gasteiger charge is -2.09. The molecule has 1 aromatic rings. The highest BCUT2D eigenvalue weighted by molar-refractivity contribution is 7.12. The number of Topliss-reactive ketones (excluding diaryl/α,β-unsaturated/α-hetero) is 1. The minimum Gasteiger partial charge on any atom is -0.356 e. The third-order valence-electron chi connectivity index (χ3n) is 4.27. The van der Waals surface area contributed by atoms with E-state index in [1.807, 2.05) is 19.9 Å². The Morgan fingerprint density at radius 1 is 1.24 bits per heavy atom. The first-order valence-electron chi connectivity index (χ1n) is 7.93. The molecule has 1 aromatic heterocycles. The molecule has 0 saturated heterocycles. The summed E-state index contributed by atoms with van der Waals surface area (Å²) in [4.78, 5) is 26.1. The summed E-state index contributed by atoms with van der Waals surface area (Å²) in [6.07, 6.45) is 7.00. The van der Waals surface area contributed by atoms with Crippen LogP contribution in [0.5, 0.6) is 0 Å². The second-order valence-electron chi connectivity index (χ2n) is 6.04. The predicted molar refractivity (Wildman–Crippen MR) is 86.9 cm³/mol. The van der Waals surface area contributed by atoms with Crippen molar-refractivity contribution >= 4 is 23.0 Å². The van der Waals surface area contributed by atoms with Gasteiger partial charge in [-0.1, -0.05) is 25.7 Å². The van der Waals surface area contributed by atoms with Crippen molar-refractivity contribution in [3.05, 3.63) is 21.4 Å². The van der Waals surface area contributed by atoms with Crippen molar-refractivity contribution in [1.82, 2.24) is 5.32 Å². The largest absolute Gasteiger partial charge is 0.356 e. The maximum Gasteiger partial charge on any atom is 0.220 e. The normalized spacial score (nSPS) is 15.3. The number of hydrogen-bond donors (Lipinski definition) is 1. The number of hydrogen-bond acceptors (Lipinski definition) is 3. The Balaban J connectivity index is 1.66. The lowest BCUT2D eigenvalue weighted by atomic mass is 10.0. The average Bonchev–Trinajstić information content (AvgIpc) is 3.06. The highest BCUT2D eigenvalue weighted by atomic mass is 32.1. The summed E-state index contributed by atoms with van der Waals surface area (Å²) in [5.74, 6) is 0.886. The molecule has 21 heavy (non-hydrogen) atoms. The van der Waals surface area contributed by atoms with Crippen LogP contribution in [0.4, 0.5) is 0 Å². The number of rotatable bonds is 7. The van der Waals surface area contributed by atoms with Gasteiger partial charge in [0.1, 0.15) is 0 Å². The molecule has 0 aliphatic heterocycles. The van der Waals surface area contributed by atoms with Crippen LogP contribution in [0.3, 0.4) is 0 Å². The quantitative estimate of drug-likeness (QED) is 0.773. The summed E-state index contributed by atoms with van der Waals surface area (Å²) in [5, 5.41) is 2.95. The number of carbonyl (C=O) groups excluding carboxylic acids is 2. The van der Waals surface area contributed by atoms with E-state index >= 15 is 0 Å². The van der Waals surface area contributed by atoms with Crippen LogP contribution in [-0.4, -0.2) is 18.2 Å². The number of ketones is 1. The summed E-state index contributed by atoms with van der Waals surface area (Å²) in [6, 6.07) is 1.93. The van der Waals surface area contributed by atoms with Crippen LogP contribution in [-0.2, 0) is 4.79 Å². The molecule has 0 atom stereocenters. The van der Waals surface area contributed by atoms with Gasteiger partial charge in [-0.3, -0.25) is 9.59 Å². The average molecular weight is 307 g/mol. The first-order chi connectivity index (χ1) is 10.1. The van der Waals surface area contributed by atoms with Gasteiger partial charge in [-0.15, -0.1) is 11.3 Å². The summed E-state index contributed by atoms with van der Waals surface area (Å²) >= 11 is 1.64. The molecule has 1 saturated carbocycles. The van der Waals surface area contributed by atoms with E-state index in [-0.39, 0.29) is 11.7 Å². The van der Waals surface area contributed by atoms with Gasteiger partial charge in [0.25, 0.3) is 0 Å². The van der Waals surface area contributed by atoms with Crippen molar-refractivity contribution < 1.29 is 9.59 Å². The zero-order chi connectivity index (χ0) is 15.2. The zero-order valence-corrected chi connectivity index (χ0v) is 13.9. The topological polar surface area (TPSA) is 46.2 Å². The van der Waals surface area contributed by atoms with Gasteiger partial charge < -0.3 is 5.32 Å². The molecule has 0 aromatic carbocycles. The van der Waals surface area contributed by atoms with Crippen molar-refractivity contribution in [1.29, 1.82) is 0 Å². The molecule has 1 heterocycles. The molecule has 2 rings (SSSR count). The van der Waals surface area contributed by atoms with Gasteiger partial charge in [-0.05, 0) is 32.3 Å². The molecule has 4 heteroatoms. The van der Waals surface area contributed by atoms with Crippen LogP contribution in [0.15, 0.2) is 6.07 Å². The fourth-order valence-electron chi connectivity index (χ4n) is 3.07. The molecular formula is C17H25NO2S. The Labute approximate surface area is 131 Å². The second-order valence-corrected chi connectivity index (χ2v) is 7.50. The molecule has 0 spiro atoms. The highest BCUT2D eigenvalue weighted by Gasteiger charge is 2.16. The maximum absolute atomic E-state index is 12.1. The van der Waals surface area contributed by atoms with Crippen molar-refractivity contribution in [2.24, 2.45) is 5.92 Å². The SMILES string of the molecule is Cc1cc(C(=O)CCC(=O)NCCC2CCCC2)c(C)s1. The second kappa shape index (κ2) is 7.74. The third-order valence-corrected chi connectivity index (χ3v) is 5.24. The van der Waals surface area contributed by atoms with Gasteiger partial charge >= 0.3 is 0 Å². The molecule has 3 nitrogen and oxygen atoms in total. The Hall–Kier alpha value is -1.16. The first-order valence-corrected chi connectivity index (χ1v) is 8.75. The fourth-order valence-corrected chi connectivity index (χ4v) is 4.01. The summed E-state index contributed by atoms with van der Waals surface area (Å²) in [6.45, 7) is 4.73. The van der Waals surface area contributed by atoms with Crippen LogP contribution in [0, 0.1) is 19.8 Å². The van der Waals surface area contributed by atoms with Crippen molar-refractivity contribution in [2.75, 3.05) is 6.54 Å². The summed E-state index contributed by atoms with van der Waals surface area (Å²) < 4.78 is 0. The Morgan fingerprint density at radius 2 is 1.95 bits per heavy atom. The molecule has 116 valence electrons. The summed E-state index contributed by atoms with van der Waals surface area (Å²) in [5.41, 5.74) is 0.788. The van der Waals surface area contributed by atoms with E-state index in [9.17, 15) is 9.59 Å². The minimum atomic E-state index is 0.00551. The molecular weight excluding hydrogens is 282 g/mol. The van der Waals surface area contributed by atoms with E-state index in [1.54, 1.807) is 11.3 Å². The van der Waals surface area contributed by atoms with Gasteiger partial charge in [-0.25, -0.2) is 0 Å². The Bertz CT molecular complexity index is 501. The molecule has 1 amide bonds. The number of carbonyl (C=O) groups is 2. The van der Waals surface area contributed by atoms with Crippen LogP contribution < -0.4 is 5.32 Å². The number of thiophene rings is 1. The predicted octanol–water partition coefficient (Wildman–Crippen LogP) is 4.02. The number of nitrogens with one attached hydrogen (secondary N) is 1. The molecule has 0 unspecified atom stereocenters. The Kier molecular flexibility index (Phi) is 5.97. The molecule has 0 bridgehead atoms. The van der Waals surface area contributed by atoms with Gasteiger partial charge in [0.05, 0.1) is 0 Å². The molecule has 1 aliphatic carbocycles. The number of aryl methyl sites for hydroxylation is 2. The van der Waals surface area contributed by atoms with E-state index in [1.165, 1.54) is 25.7 Å². The fraction of sp³-hybridized carbons (Fsp3) is 0.647. The van der Waals surface area contributed by atoms with Crippen LogP contribution in [0.2, 0.25) is 0 Å². The lowest BCUT2D eigenvalue weighted by molar-refractivity contribution is -0.121. The van der Waals surface area contributed by atoms with Crippen molar-refractivity contribution in [3.63, 3.8) is 0 Å². The Morgan fingerprint density at radius 3 is 2.57 bits per heavy atom. The van der Waals surface area contributed by atoms with E-state index in [2.05, 4.69) is 5.32 Å². The van der Waals surface area contributed by atoms with Gasteiger partial charge in [0.2, 0.25) is 5.91 Å². The molecule has 1 N–H and O–H groups in total. The lowest BCUT2D eigenvalue weighted by Crippen LogP contribution is -2.26. The smallest absolute Gasteiger partial charge is 0.220 e. The van der Waals surface area contributed by atoms with E-state index in [0.29, 0.717) is 12.8 Å². The van der Waals surface area contributed by atoms with E-state index in [0.717, 1.165) is 34.2 Å². The van der Waals surface area contributed by atoms with E-state index < -0.39 is 0 Å². The van der Waals surface area contributed by atoms with Crippen LogP contribution >= 0.6 is 11.3 Å². The number of amides is 1. The van der Waals surface area contributed by atoms with Crippen LogP contribution in [0.1, 0.15) is 65.1 Å². The zero-order valence-electron chi connectivity index (χ0n) is 13.0. The molecule has 1 fully saturated rings. The molecule has 1 aliphatic rings. The van der Waals surface area contributed by atoms with Crippen LogP contribution in [0.25, 0.3) is 0 Å². The van der Waals surface area contributed by atoms with Crippen molar-refractivity contribution in [2.45, 2.75) is 58.8 Å². The molecule has 0 radical (unpaired) electrons. The minimum absolute atomic E-state index is 0.00551. The van der Waals surface area contributed by atoms with Gasteiger partial charge in [0, 0.05) is 34.7 Å². The summed E-state index contributed by atoms with van der Waals surface area (Å²) in [7, 11) is 0. The standard InChI is InChI=1S/C17H25NO2S/c1-12-11-15(13(2)21-12)16(19)7-8-17(20)18-10-9-14-5-3-4-6-14/h11,14H,3-10H2,1-2H3,(H,18,20). The highest BCUT2D eigenvalue weighted by Crippen LogP contribution is 2.27. The first kappa shape index (κ1) is 16.2. The van der Waals surface area contributed by atoms with Gasteiger partial charge in [-0.2, -0.15) is 0 Å². The van der Waals surface area contributed by atoms with Gasteiger partial charge in [0.15, 0.2) is 5.78 Å². The maximum atomic E-state index is 12.1.